The van der Waals surface area contributed by atoms with E-state index in [-0.39, 0.29) is 30.8 Å². The van der Waals surface area contributed by atoms with Gasteiger partial charge in [-0.15, -0.1) is 0 Å². The zero-order valence-electron chi connectivity index (χ0n) is 9.78. The molecule has 1 aliphatic heterocycles. The highest BCUT2D eigenvalue weighted by molar-refractivity contribution is 6.03. The summed E-state index contributed by atoms with van der Waals surface area (Å²) in [5.41, 5.74) is 0.286. The lowest BCUT2D eigenvalue weighted by Gasteiger charge is -2.17. The van der Waals surface area contributed by atoms with Gasteiger partial charge < -0.3 is 14.2 Å². The van der Waals surface area contributed by atoms with E-state index in [2.05, 4.69) is 4.74 Å². The van der Waals surface area contributed by atoms with Crippen molar-refractivity contribution in [1.29, 1.82) is 0 Å². The van der Waals surface area contributed by atoms with E-state index in [9.17, 15) is 14.4 Å². The van der Waals surface area contributed by atoms with Gasteiger partial charge in [0.2, 0.25) is 0 Å². The molecule has 0 atom stereocenters. The highest BCUT2D eigenvalue weighted by atomic mass is 16.6. The first kappa shape index (κ1) is 13.4. The molecule has 1 rings (SSSR count). The summed E-state index contributed by atoms with van der Waals surface area (Å²) in [4.78, 5) is 33.8. The van der Waals surface area contributed by atoms with Crippen molar-refractivity contribution in [1.82, 2.24) is 0 Å². The fourth-order valence-electron chi connectivity index (χ4n) is 1.40. The summed E-state index contributed by atoms with van der Waals surface area (Å²) < 4.78 is 14.3. The number of ether oxygens (including phenoxy) is 3. The Kier molecular flexibility index (Phi) is 4.84. The number of carbonyl (C=O) groups excluding carboxylic acids is 3. The molecule has 0 saturated heterocycles. The van der Waals surface area contributed by atoms with Crippen LogP contribution >= 0.6 is 0 Å². The Balaban J connectivity index is 2.91. The molecule has 17 heavy (non-hydrogen) atoms. The highest BCUT2D eigenvalue weighted by Crippen LogP contribution is 2.18. The van der Waals surface area contributed by atoms with Crippen LogP contribution in [0.2, 0.25) is 0 Å². The Bertz CT molecular complexity index is 368. The van der Waals surface area contributed by atoms with E-state index in [0.29, 0.717) is 6.61 Å². The maximum atomic E-state index is 11.6. The zero-order chi connectivity index (χ0) is 12.8. The van der Waals surface area contributed by atoms with E-state index in [1.165, 1.54) is 0 Å². The third kappa shape index (κ3) is 3.67. The predicted octanol–water partition coefficient (Wildman–Crippen LogP) is 0.356. The average Bonchev–Trinajstić information content (AvgIpc) is 2.28. The molecule has 0 aromatic heterocycles. The third-order valence-corrected chi connectivity index (χ3v) is 2.11. The lowest BCUT2D eigenvalue weighted by Crippen LogP contribution is -2.25. The van der Waals surface area contributed by atoms with Gasteiger partial charge in [-0.1, -0.05) is 0 Å². The summed E-state index contributed by atoms with van der Waals surface area (Å²) in [6.07, 6.45) is 0.279. The monoisotopic (exact) mass is 242 g/mol. The van der Waals surface area contributed by atoms with Gasteiger partial charge in [-0.25, -0.2) is 9.59 Å². The summed E-state index contributed by atoms with van der Waals surface area (Å²) >= 11 is 0. The SMILES string of the molecule is CCOC(=O)C1=C(C(=O)OC(C)=O)COCC1. The van der Waals surface area contributed by atoms with Gasteiger partial charge in [0.15, 0.2) is 0 Å². The Morgan fingerprint density at radius 3 is 2.53 bits per heavy atom. The molecule has 0 radical (unpaired) electrons. The van der Waals surface area contributed by atoms with Crippen molar-refractivity contribution in [2.45, 2.75) is 20.3 Å². The Morgan fingerprint density at radius 2 is 1.94 bits per heavy atom. The minimum atomic E-state index is -0.847. The van der Waals surface area contributed by atoms with E-state index in [0.717, 1.165) is 6.92 Å². The Labute approximate surface area is 98.5 Å². The van der Waals surface area contributed by atoms with Crippen molar-refractivity contribution in [2.24, 2.45) is 0 Å². The molecule has 6 heteroatoms. The van der Waals surface area contributed by atoms with Crippen LogP contribution in [0.5, 0.6) is 0 Å². The minimum Gasteiger partial charge on any atom is -0.463 e. The van der Waals surface area contributed by atoms with Crippen molar-refractivity contribution in [3.8, 4) is 0 Å². The van der Waals surface area contributed by atoms with Gasteiger partial charge in [0, 0.05) is 13.3 Å². The van der Waals surface area contributed by atoms with Crippen LogP contribution in [0.15, 0.2) is 11.1 Å². The molecule has 6 nitrogen and oxygen atoms in total. The zero-order valence-corrected chi connectivity index (χ0v) is 9.78. The minimum absolute atomic E-state index is 0.0414. The van der Waals surface area contributed by atoms with Crippen molar-refractivity contribution in [2.75, 3.05) is 19.8 Å². The van der Waals surface area contributed by atoms with Gasteiger partial charge in [0.1, 0.15) is 0 Å². The van der Waals surface area contributed by atoms with Crippen LogP contribution in [0.4, 0.5) is 0 Å². The van der Waals surface area contributed by atoms with Crippen molar-refractivity contribution in [3.63, 3.8) is 0 Å². The summed E-state index contributed by atoms with van der Waals surface area (Å²) in [7, 11) is 0. The second-order valence-corrected chi connectivity index (χ2v) is 3.36. The fourth-order valence-corrected chi connectivity index (χ4v) is 1.40. The molecule has 0 aromatic rings. The molecule has 0 fully saturated rings. The topological polar surface area (TPSA) is 78.9 Å². The number of hydrogen-bond acceptors (Lipinski definition) is 6. The van der Waals surface area contributed by atoms with Crippen LogP contribution in [-0.2, 0) is 28.6 Å². The van der Waals surface area contributed by atoms with Crippen LogP contribution in [0, 0.1) is 0 Å². The average molecular weight is 242 g/mol. The largest absolute Gasteiger partial charge is 0.463 e. The number of rotatable bonds is 3. The van der Waals surface area contributed by atoms with E-state index in [1.807, 2.05) is 0 Å². The van der Waals surface area contributed by atoms with E-state index >= 15 is 0 Å². The summed E-state index contributed by atoms with van der Waals surface area (Å²) in [5.74, 6) is -2.14. The molecule has 0 saturated carbocycles. The maximum Gasteiger partial charge on any atom is 0.344 e. The van der Waals surface area contributed by atoms with Gasteiger partial charge in [-0.2, -0.15) is 0 Å². The summed E-state index contributed by atoms with van der Waals surface area (Å²) in [6.45, 7) is 3.31. The van der Waals surface area contributed by atoms with Crippen molar-refractivity contribution in [3.05, 3.63) is 11.1 Å². The summed E-state index contributed by atoms with van der Waals surface area (Å²) in [6, 6.07) is 0. The molecule has 0 aliphatic carbocycles. The number of hydrogen-bond donors (Lipinski definition) is 0. The highest BCUT2D eigenvalue weighted by Gasteiger charge is 2.27. The van der Waals surface area contributed by atoms with Crippen LogP contribution in [0.1, 0.15) is 20.3 Å². The molecule has 1 heterocycles. The van der Waals surface area contributed by atoms with Crippen molar-refractivity contribution < 1.29 is 28.6 Å². The predicted molar refractivity (Wildman–Crippen MR) is 55.9 cm³/mol. The Morgan fingerprint density at radius 1 is 1.24 bits per heavy atom. The quantitative estimate of drug-likeness (QED) is 0.525. The lowest BCUT2D eigenvalue weighted by atomic mass is 10.0. The van der Waals surface area contributed by atoms with Gasteiger partial charge in [0.25, 0.3) is 0 Å². The summed E-state index contributed by atoms with van der Waals surface area (Å²) in [5, 5.41) is 0. The molecule has 0 aromatic carbocycles. The number of carbonyl (C=O) groups is 3. The first-order valence-electron chi connectivity index (χ1n) is 5.25. The van der Waals surface area contributed by atoms with E-state index < -0.39 is 17.9 Å². The van der Waals surface area contributed by atoms with Gasteiger partial charge >= 0.3 is 17.9 Å². The molecular formula is C11H14O6. The van der Waals surface area contributed by atoms with Crippen LogP contribution < -0.4 is 0 Å². The van der Waals surface area contributed by atoms with Crippen LogP contribution in [0.3, 0.4) is 0 Å². The smallest absolute Gasteiger partial charge is 0.344 e. The second kappa shape index (κ2) is 6.15. The van der Waals surface area contributed by atoms with Gasteiger partial charge in [0.05, 0.1) is 31.0 Å². The first-order chi connectivity index (χ1) is 8.06. The standard InChI is InChI=1S/C11H14O6/c1-3-16-10(13)8-4-5-15-6-9(8)11(14)17-7(2)12/h3-6H2,1-2H3. The molecule has 94 valence electrons. The maximum absolute atomic E-state index is 11.6. The molecule has 0 spiro atoms. The normalized spacial score (nSPS) is 15.4. The molecule has 0 N–H and O–H groups in total. The van der Waals surface area contributed by atoms with E-state index in [1.54, 1.807) is 6.92 Å². The van der Waals surface area contributed by atoms with Crippen molar-refractivity contribution >= 4 is 17.9 Å². The third-order valence-electron chi connectivity index (χ3n) is 2.11. The molecule has 1 aliphatic rings. The molecule has 0 unspecified atom stereocenters. The van der Waals surface area contributed by atoms with Gasteiger partial charge in [-0.05, 0) is 6.92 Å². The molecule has 0 amide bonds. The molecular weight excluding hydrogens is 228 g/mol. The van der Waals surface area contributed by atoms with E-state index in [4.69, 9.17) is 9.47 Å². The molecule has 0 bridgehead atoms. The second-order valence-electron chi connectivity index (χ2n) is 3.36. The lowest BCUT2D eigenvalue weighted by molar-refractivity contribution is -0.156. The number of esters is 3. The van der Waals surface area contributed by atoms with Crippen LogP contribution in [-0.4, -0.2) is 37.7 Å². The van der Waals surface area contributed by atoms with Gasteiger partial charge in [-0.3, -0.25) is 4.79 Å². The fraction of sp³-hybridized carbons (Fsp3) is 0.545. The Hall–Kier alpha value is -1.69. The first-order valence-corrected chi connectivity index (χ1v) is 5.25. The van der Waals surface area contributed by atoms with Crippen LogP contribution in [0.25, 0.3) is 0 Å².